The van der Waals surface area contributed by atoms with E-state index >= 15 is 0 Å². The van der Waals surface area contributed by atoms with Gasteiger partial charge in [0.05, 0.1) is 18.6 Å². The molecule has 0 spiro atoms. The molecule has 0 aliphatic carbocycles. The van der Waals surface area contributed by atoms with Gasteiger partial charge in [0.25, 0.3) is 0 Å². The molecule has 1 rings (SSSR count). The zero-order chi connectivity index (χ0) is 12.3. The summed E-state index contributed by atoms with van der Waals surface area (Å²) >= 11 is 5.67. The molecule has 1 N–H and O–H groups in total. The lowest BCUT2D eigenvalue weighted by Crippen LogP contribution is -2.31. The Labute approximate surface area is 94.8 Å². The van der Waals surface area contributed by atoms with Gasteiger partial charge < -0.3 is 9.84 Å². The third-order valence-electron chi connectivity index (χ3n) is 1.86. The van der Waals surface area contributed by atoms with Gasteiger partial charge >= 0.3 is 11.9 Å². The summed E-state index contributed by atoms with van der Waals surface area (Å²) < 4.78 is 30.7. The summed E-state index contributed by atoms with van der Waals surface area (Å²) in [5.74, 6) is -6.22. The van der Waals surface area contributed by atoms with E-state index in [9.17, 15) is 13.6 Å². The van der Waals surface area contributed by atoms with Gasteiger partial charge in [-0.2, -0.15) is 8.78 Å². The normalized spacial score (nSPS) is 11.2. The average molecular weight is 252 g/mol. The quantitative estimate of drug-likeness (QED) is 0.889. The van der Waals surface area contributed by atoms with Crippen molar-refractivity contribution in [1.82, 2.24) is 4.98 Å². The standard InChI is InChI=1S/C9H8ClF2NO3/c1-16-7-5(6(10)2-3-13-7)4-9(11,12)8(14)15/h2-3H,4H2,1H3,(H,14,15). The first-order valence-corrected chi connectivity index (χ1v) is 4.55. The number of ether oxygens (including phenoxy) is 1. The summed E-state index contributed by atoms with van der Waals surface area (Å²) in [5.41, 5.74) is -0.126. The number of alkyl halides is 2. The van der Waals surface area contributed by atoms with E-state index in [2.05, 4.69) is 4.98 Å². The fourth-order valence-corrected chi connectivity index (χ4v) is 1.29. The van der Waals surface area contributed by atoms with E-state index in [4.69, 9.17) is 21.4 Å². The highest BCUT2D eigenvalue weighted by atomic mass is 35.5. The molecule has 1 heterocycles. The molecule has 16 heavy (non-hydrogen) atoms. The van der Waals surface area contributed by atoms with Crippen molar-refractivity contribution in [3.8, 4) is 5.88 Å². The van der Waals surface area contributed by atoms with Crippen molar-refractivity contribution < 1.29 is 23.4 Å². The van der Waals surface area contributed by atoms with Gasteiger partial charge in [-0.1, -0.05) is 11.6 Å². The third-order valence-corrected chi connectivity index (χ3v) is 2.22. The van der Waals surface area contributed by atoms with Gasteiger partial charge in [-0.25, -0.2) is 9.78 Å². The van der Waals surface area contributed by atoms with Crippen LogP contribution < -0.4 is 4.74 Å². The number of carbonyl (C=O) groups is 1. The predicted octanol–water partition coefficient (Wildman–Crippen LogP) is 2.01. The van der Waals surface area contributed by atoms with Crippen LogP contribution >= 0.6 is 11.6 Å². The highest BCUT2D eigenvalue weighted by Crippen LogP contribution is 2.30. The number of aromatic nitrogens is 1. The molecule has 4 nitrogen and oxygen atoms in total. The van der Waals surface area contributed by atoms with Gasteiger partial charge in [0, 0.05) is 11.8 Å². The van der Waals surface area contributed by atoms with Crippen molar-refractivity contribution >= 4 is 17.6 Å². The lowest BCUT2D eigenvalue weighted by molar-refractivity contribution is -0.164. The number of methoxy groups -OCH3 is 1. The maximum atomic E-state index is 13.0. The van der Waals surface area contributed by atoms with Crippen molar-refractivity contribution in [3.05, 3.63) is 22.8 Å². The monoisotopic (exact) mass is 251 g/mol. The highest BCUT2D eigenvalue weighted by molar-refractivity contribution is 6.31. The number of halogens is 3. The molecule has 0 aromatic carbocycles. The van der Waals surface area contributed by atoms with Gasteiger partial charge in [0.15, 0.2) is 0 Å². The lowest BCUT2D eigenvalue weighted by Gasteiger charge is -2.14. The summed E-state index contributed by atoms with van der Waals surface area (Å²) in [4.78, 5) is 14.0. The number of carboxylic acids is 1. The molecule has 0 fully saturated rings. The zero-order valence-corrected chi connectivity index (χ0v) is 8.96. The van der Waals surface area contributed by atoms with Crippen LogP contribution in [0.5, 0.6) is 5.88 Å². The topological polar surface area (TPSA) is 59.4 Å². The van der Waals surface area contributed by atoms with Crippen LogP contribution in [-0.4, -0.2) is 29.1 Å². The lowest BCUT2D eigenvalue weighted by atomic mass is 10.1. The Kier molecular flexibility index (Phi) is 3.64. The van der Waals surface area contributed by atoms with Crippen LogP contribution in [-0.2, 0) is 11.2 Å². The van der Waals surface area contributed by atoms with E-state index in [1.54, 1.807) is 0 Å². The van der Waals surface area contributed by atoms with Gasteiger partial charge in [0.2, 0.25) is 5.88 Å². The summed E-state index contributed by atoms with van der Waals surface area (Å²) in [7, 11) is 1.24. The van der Waals surface area contributed by atoms with Crippen molar-refractivity contribution in [3.63, 3.8) is 0 Å². The molecule has 0 aliphatic rings. The molecule has 0 saturated heterocycles. The van der Waals surface area contributed by atoms with Crippen molar-refractivity contribution in [1.29, 1.82) is 0 Å². The van der Waals surface area contributed by atoms with Gasteiger partial charge in [-0.15, -0.1) is 0 Å². The number of rotatable bonds is 4. The fourth-order valence-electron chi connectivity index (χ4n) is 1.08. The first kappa shape index (κ1) is 12.6. The second-order valence-corrected chi connectivity index (χ2v) is 3.37. The van der Waals surface area contributed by atoms with Crippen LogP contribution in [0.25, 0.3) is 0 Å². The third kappa shape index (κ3) is 2.57. The van der Waals surface area contributed by atoms with Crippen LogP contribution in [0.2, 0.25) is 5.02 Å². The van der Waals surface area contributed by atoms with E-state index in [1.165, 1.54) is 19.4 Å². The summed E-state index contributed by atoms with van der Waals surface area (Å²) in [5, 5.41) is 8.30. The molecule has 0 unspecified atom stereocenters. The minimum atomic E-state index is -3.90. The largest absolute Gasteiger partial charge is 0.481 e. The number of aliphatic carboxylic acids is 1. The minimum Gasteiger partial charge on any atom is -0.481 e. The molecular formula is C9H8ClF2NO3. The van der Waals surface area contributed by atoms with Crippen molar-refractivity contribution in [2.45, 2.75) is 12.3 Å². The van der Waals surface area contributed by atoms with Gasteiger partial charge in [-0.3, -0.25) is 0 Å². The van der Waals surface area contributed by atoms with Gasteiger partial charge in [0.1, 0.15) is 0 Å². The number of nitrogens with zero attached hydrogens (tertiary/aromatic N) is 1. The molecule has 0 radical (unpaired) electrons. The maximum absolute atomic E-state index is 13.0. The molecule has 7 heteroatoms. The van der Waals surface area contributed by atoms with Crippen LogP contribution in [0.4, 0.5) is 8.78 Å². The molecular weight excluding hydrogens is 244 g/mol. The maximum Gasteiger partial charge on any atom is 0.374 e. The number of pyridine rings is 1. The SMILES string of the molecule is COc1nccc(Cl)c1CC(F)(F)C(=O)O. The van der Waals surface area contributed by atoms with E-state index < -0.39 is 18.3 Å². The molecule has 88 valence electrons. The van der Waals surface area contributed by atoms with Crippen LogP contribution in [0, 0.1) is 0 Å². The van der Waals surface area contributed by atoms with E-state index in [0.29, 0.717) is 0 Å². The van der Waals surface area contributed by atoms with Crippen LogP contribution in [0.3, 0.4) is 0 Å². The molecule has 0 saturated carbocycles. The first-order valence-electron chi connectivity index (χ1n) is 4.17. The number of carboxylic acid groups (broad SMARTS) is 1. The second kappa shape index (κ2) is 4.61. The number of hydrogen-bond donors (Lipinski definition) is 1. The Morgan fingerprint density at radius 2 is 2.31 bits per heavy atom. The fraction of sp³-hybridized carbons (Fsp3) is 0.333. The molecule has 1 aromatic rings. The average Bonchev–Trinajstić information content (AvgIpc) is 2.20. The molecule has 0 aliphatic heterocycles. The van der Waals surface area contributed by atoms with Crippen molar-refractivity contribution in [2.24, 2.45) is 0 Å². The Balaban J connectivity index is 3.09. The second-order valence-electron chi connectivity index (χ2n) is 2.97. The van der Waals surface area contributed by atoms with E-state index in [-0.39, 0.29) is 16.5 Å². The van der Waals surface area contributed by atoms with Crippen LogP contribution in [0.15, 0.2) is 12.3 Å². The predicted molar refractivity (Wildman–Crippen MR) is 52.1 cm³/mol. The molecule has 0 amide bonds. The van der Waals surface area contributed by atoms with E-state index in [1.807, 2.05) is 0 Å². The Morgan fingerprint density at radius 3 is 2.81 bits per heavy atom. The highest BCUT2D eigenvalue weighted by Gasteiger charge is 2.40. The Morgan fingerprint density at radius 1 is 1.69 bits per heavy atom. The molecule has 0 atom stereocenters. The smallest absolute Gasteiger partial charge is 0.374 e. The Bertz CT molecular complexity index is 412. The number of hydrogen-bond acceptors (Lipinski definition) is 3. The summed E-state index contributed by atoms with van der Waals surface area (Å²) in [6, 6.07) is 1.29. The van der Waals surface area contributed by atoms with E-state index in [0.717, 1.165) is 0 Å². The zero-order valence-electron chi connectivity index (χ0n) is 8.21. The molecule has 0 bridgehead atoms. The summed E-state index contributed by atoms with van der Waals surface area (Å²) in [6.07, 6.45) is 0.224. The van der Waals surface area contributed by atoms with Gasteiger partial charge in [-0.05, 0) is 6.07 Å². The first-order chi connectivity index (χ1) is 7.38. The van der Waals surface area contributed by atoms with Crippen molar-refractivity contribution in [2.75, 3.05) is 7.11 Å². The summed E-state index contributed by atoms with van der Waals surface area (Å²) in [6.45, 7) is 0. The molecule has 1 aromatic heterocycles. The Hall–Kier alpha value is -1.43. The van der Waals surface area contributed by atoms with Crippen LogP contribution in [0.1, 0.15) is 5.56 Å². The minimum absolute atomic E-state index is 0.00669.